The average molecular weight is 474 g/mol. The molecule has 1 saturated carbocycles. The quantitative estimate of drug-likeness (QED) is 0.488. The Morgan fingerprint density at radius 2 is 1.88 bits per heavy atom. The molecule has 7 unspecified atom stereocenters. The van der Waals surface area contributed by atoms with Crippen LogP contribution >= 0.6 is 7.60 Å². The SMILES string of the molecule is CCC(C)(CC1CC(n2ccc(=O)[nH]c2=O)C2OC(C)(C)OC12)OP(=O)(O)C(C)(O)CC. The summed E-state index contributed by atoms with van der Waals surface area (Å²) in [6.45, 7) is 10.1. The van der Waals surface area contributed by atoms with E-state index in [1.54, 1.807) is 27.7 Å². The number of rotatable bonds is 8. The molecule has 0 radical (unpaired) electrons. The van der Waals surface area contributed by atoms with E-state index in [0.717, 1.165) is 0 Å². The minimum atomic E-state index is -4.34. The molecule has 2 heterocycles. The number of H-pyrrole nitrogens is 1. The van der Waals surface area contributed by atoms with E-state index in [9.17, 15) is 24.2 Å². The number of hydrogen-bond donors (Lipinski definition) is 3. The van der Waals surface area contributed by atoms with Crippen LogP contribution in [0.5, 0.6) is 0 Å². The maximum Gasteiger partial charge on any atom is 0.359 e. The zero-order chi connectivity index (χ0) is 24.1. The van der Waals surface area contributed by atoms with E-state index in [-0.39, 0.29) is 24.5 Å². The number of hydrogen-bond acceptors (Lipinski definition) is 7. The van der Waals surface area contributed by atoms with Crippen LogP contribution in [0.15, 0.2) is 21.9 Å². The second-order valence-electron chi connectivity index (χ2n) is 9.84. The maximum absolute atomic E-state index is 12.9. The lowest BCUT2D eigenvalue weighted by Crippen LogP contribution is -2.37. The third-order valence-electron chi connectivity index (χ3n) is 6.82. The predicted octanol–water partition coefficient (Wildman–Crippen LogP) is 2.50. The van der Waals surface area contributed by atoms with Gasteiger partial charge < -0.3 is 24.0 Å². The molecule has 3 rings (SSSR count). The van der Waals surface area contributed by atoms with E-state index in [1.165, 1.54) is 23.8 Å². The van der Waals surface area contributed by atoms with Gasteiger partial charge in [0.2, 0.25) is 0 Å². The van der Waals surface area contributed by atoms with Crippen molar-refractivity contribution < 1.29 is 28.6 Å². The Morgan fingerprint density at radius 3 is 2.44 bits per heavy atom. The Balaban J connectivity index is 1.90. The average Bonchev–Trinajstić information content (AvgIpc) is 3.15. The van der Waals surface area contributed by atoms with E-state index in [4.69, 9.17) is 14.0 Å². The highest BCUT2D eigenvalue weighted by atomic mass is 31.2. The molecule has 0 spiro atoms. The molecule has 0 amide bonds. The summed E-state index contributed by atoms with van der Waals surface area (Å²) >= 11 is 0. The van der Waals surface area contributed by atoms with E-state index < -0.39 is 41.7 Å². The number of ether oxygens (including phenoxy) is 2. The normalized spacial score (nSPS) is 32.6. The highest BCUT2D eigenvalue weighted by Gasteiger charge is 2.56. The highest BCUT2D eigenvalue weighted by molar-refractivity contribution is 7.54. The molecule has 182 valence electrons. The van der Waals surface area contributed by atoms with Gasteiger partial charge in [-0.1, -0.05) is 13.8 Å². The summed E-state index contributed by atoms with van der Waals surface area (Å²) in [5, 5.41) is 8.52. The van der Waals surface area contributed by atoms with Crippen LogP contribution in [0.1, 0.15) is 73.3 Å². The molecule has 1 aromatic rings. The van der Waals surface area contributed by atoms with Crippen LogP contribution in [-0.2, 0) is 18.6 Å². The van der Waals surface area contributed by atoms with Crippen LogP contribution in [0, 0.1) is 5.92 Å². The molecular weight excluding hydrogens is 439 g/mol. The zero-order valence-electron chi connectivity index (χ0n) is 19.5. The van der Waals surface area contributed by atoms with Crippen LogP contribution < -0.4 is 11.2 Å². The Bertz CT molecular complexity index is 1000. The van der Waals surface area contributed by atoms with Gasteiger partial charge in [0.15, 0.2) is 11.1 Å². The van der Waals surface area contributed by atoms with Gasteiger partial charge in [-0.3, -0.25) is 18.9 Å². The van der Waals surface area contributed by atoms with Gasteiger partial charge in [-0.15, -0.1) is 0 Å². The molecule has 1 aromatic heterocycles. The summed E-state index contributed by atoms with van der Waals surface area (Å²) in [5.41, 5.74) is -2.02. The first-order valence-corrected chi connectivity index (χ1v) is 12.6. The smallest absolute Gasteiger partial charge is 0.359 e. The Labute approximate surface area is 187 Å². The van der Waals surface area contributed by atoms with E-state index in [2.05, 4.69) is 4.98 Å². The lowest BCUT2D eigenvalue weighted by Gasteiger charge is -2.38. The van der Waals surface area contributed by atoms with Crippen LogP contribution in [0.4, 0.5) is 0 Å². The fourth-order valence-corrected chi connectivity index (χ4v) is 6.01. The molecule has 3 N–H and O–H groups in total. The largest absolute Gasteiger partial charge is 0.378 e. The summed E-state index contributed by atoms with van der Waals surface area (Å²) in [5.74, 6) is -1.01. The predicted molar refractivity (Wildman–Crippen MR) is 117 cm³/mol. The van der Waals surface area contributed by atoms with Crippen LogP contribution in [-0.4, -0.2) is 48.5 Å². The summed E-state index contributed by atoms with van der Waals surface area (Å²) in [7, 11) is -4.34. The number of aliphatic hydroxyl groups is 1. The molecule has 1 aliphatic heterocycles. The second-order valence-corrected chi connectivity index (χ2v) is 12.0. The number of nitrogens with zero attached hydrogens (tertiary/aromatic N) is 1. The topological polar surface area (TPSA) is 140 Å². The fourth-order valence-electron chi connectivity index (χ4n) is 4.62. The van der Waals surface area contributed by atoms with Crippen LogP contribution in [0.3, 0.4) is 0 Å². The van der Waals surface area contributed by atoms with E-state index >= 15 is 0 Å². The number of aromatic nitrogens is 2. The fraction of sp³-hybridized carbons (Fsp3) is 0.810. The molecular formula is C21H35N2O8P. The standard InChI is InChI=1S/C21H35N2O8P/c1-7-20(5,31-32(27,28)21(6,26)8-2)12-13-11-14(17-16(13)29-19(3,4)30-17)23-10-9-15(24)22-18(23)25/h9-10,13-14,16-17,26H,7-8,11-12H2,1-6H3,(H,27,28)(H,22,24,25). The number of aromatic amines is 1. The van der Waals surface area contributed by atoms with E-state index in [0.29, 0.717) is 19.3 Å². The summed E-state index contributed by atoms with van der Waals surface area (Å²) in [4.78, 5) is 36.7. The molecule has 1 saturated heterocycles. The van der Waals surface area contributed by atoms with Crippen LogP contribution in [0.2, 0.25) is 0 Å². The number of fused-ring (bicyclic) bond motifs is 1. The first-order chi connectivity index (χ1) is 14.6. The summed E-state index contributed by atoms with van der Waals surface area (Å²) in [6.07, 6.45) is 2.01. The molecule has 2 aliphatic rings. The Morgan fingerprint density at radius 1 is 1.25 bits per heavy atom. The van der Waals surface area contributed by atoms with Crippen molar-refractivity contribution in [1.82, 2.24) is 9.55 Å². The van der Waals surface area contributed by atoms with Crippen molar-refractivity contribution in [1.29, 1.82) is 0 Å². The van der Waals surface area contributed by atoms with Crippen molar-refractivity contribution in [2.24, 2.45) is 5.92 Å². The van der Waals surface area contributed by atoms with Gasteiger partial charge >= 0.3 is 13.3 Å². The molecule has 7 atom stereocenters. The van der Waals surface area contributed by atoms with Crippen molar-refractivity contribution in [2.75, 3.05) is 0 Å². The second kappa shape index (κ2) is 8.49. The molecule has 1 aliphatic carbocycles. The van der Waals surface area contributed by atoms with Gasteiger partial charge in [-0.2, -0.15) is 0 Å². The Kier molecular flexibility index (Phi) is 6.72. The molecule has 0 bridgehead atoms. The van der Waals surface area contributed by atoms with Gasteiger partial charge in [0.25, 0.3) is 5.56 Å². The van der Waals surface area contributed by atoms with Crippen molar-refractivity contribution in [3.8, 4) is 0 Å². The van der Waals surface area contributed by atoms with Gasteiger partial charge in [-0.25, -0.2) is 4.79 Å². The molecule has 10 nitrogen and oxygen atoms in total. The van der Waals surface area contributed by atoms with Crippen molar-refractivity contribution >= 4 is 7.60 Å². The minimum absolute atomic E-state index is 0.0665. The first-order valence-electron chi connectivity index (χ1n) is 11.1. The summed E-state index contributed by atoms with van der Waals surface area (Å²) < 4.78 is 32.3. The van der Waals surface area contributed by atoms with Gasteiger partial charge in [0, 0.05) is 12.3 Å². The monoisotopic (exact) mass is 474 g/mol. The molecule has 11 heteroatoms. The lowest BCUT2D eigenvalue weighted by molar-refractivity contribution is -0.162. The van der Waals surface area contributed by atoms with Gasteiger partial charge in [0.05, 0.1) is 17.7 Å². The first kappa shape index (κ1) is 25.3. The molecule has 2 fully saturated rings. The minimum Gasteiger partial charge on any atom is -0.378 e. The maximum atomic E-state index is 12.9. The van der Waals surface area contributed by atoms with Gasteiger partial charge in [-0.05, 0) is 59.3 Å². The highest BCUT2D eigenvalue weighted by Crippen LogP contribution is 2.60. The van der Waals surface area contributed by atoms with Gasteiger partial charge in [0.1, 0.15) is 6.10 Å². The van der Waals surface area contributed by atoms with Crippen molar-refractivity contribution in [2.45, 2.75) is 102 Å². The summed E-state index contributed by atoms with van der Waals surface area (Å²) in [6, 6.07) is 0.913. The third-order valence-corrected chi connectivity index (χ3v) is 9.05. The zero-order valence-corrected chi connectivity index (χ0v) is 20.4. The van der Waals surface area contributed by atoms with Crippen molar-refractivity contribution in [3.05, 3.63) is 33.1 Å². The van der Waals surface area contributed by atoms with Crippen molar-refractivity contribution in [3.63, 3.8) is 0 Å². The number of nitrogens with one attached hydrogen (secondary N) is 1. The van der Waals surface area contributed by atoms with Crippen LogP contribution in [0.25, 0.3) is 0 Å². The molecule has 32 heavy (non-hydrogen) atoms. The Hall–Kier alpha value is -1.29. The lowest BCUT2D eigenvalue weighted by atomic mass is 9.87. The third kappa shape index (κ3) is 4.81. The molecule has 0 aromatic carbocycles. The van der Waals surface area contributed by atoms with E-state index in [1.807, 2.05) is 6.92 Å².